The molecular weight excluding hydrogens is 268 g/mol. The van der Waals surface area contributed by atoms with E-state index in [4.69, 9.17) is 18.0 Å². The molecule has 0 atom stereocenters. The summed E-state index contributed by atoms with van der Waals surface area (Å²) in [7, 11) is 1.93. The summed E-state index contributed by atoms with van der Waals surface area (Å²) >= 11 is 5.12. The maximum absolute atomic E-state index is 5.80. The quantitative estimate of drug-likeness (QED) is 0.820. The molecule has 0 radical (unpaired) electrons. The van der Waals surface area contributed by atoms with Crippen molar-refractivity contribution in [3.8, 4) is 0 Å². The summed E-state index contributed by atoms with van der Waals surface area (Å²) in [6.07, 6.45) is 6.72. The summed E-state index contributed by atoms with van der Waals surface area (Å²) in [4.78, 5) is 0.421. The van der Waals surface area contributed by atoms with Crippen molar-refractivity contribution in [3.05, 3.63) is 11.3 Å². The van der Waals surface area contributed by atoms with Gasteiger partial charge in [-0.25, -0.2) is 0 Å². The number of rotatable bonds is 5. The molecule has 0 spiro atoms. The van der Waals surface area contributed by atoms with E-state index in [1.165, 1.54) is 32.1 Å². The van der Waals surface area contributed by atoms with E-state index in [1.54, 1.807) is 0 Å². The molecule has 0 unspecified atom stereocenters. The maximum Gasteiger partial charge on any atom is 0.134 e. The Kier molecular flexibility index (Phi) is 5.02. The Labute approximate surface area is 127 Å². The van der Waals surface area contributed by atoms with Gasteiger partial charge in [-0.05, 0) is 25.2 Å². The number of hydrogen-bond donors (Lipinski definition) is 2. The molecule has 0 bridgehead atoms. The molecule has 1 aromatic heterocycles. The Morgan fingerprint density at radius 3 is 2.65 bits per heavy atom. The number of anilines is 1. The highest BCUT2D eigenvalue weighted by atomic mass is 32.1. The monoisotopic (exact) mass is 294 g/mol. The predicted octanol–water partition coefficient (Wildman–Crippen LogP) is 2.99. The summed E-state index contributed by atoms with van der Waals surface area (Å²) in [6.45, 7) is 5.27. The van der Waals surface area contributed by atoms with E-state index in [1.807, 2.05) is 18.7 Å². The molecule has 2 rings (SSSR count). The van der Waals surface area contributed by atoms with Crippen molar-refractivity contribution in [1.29, 1.82) is 0 Å². The van der Waals surface area contributed by atoms with Crippen LogP contribution in [-0.2, 0) is 7.05 Å². The highest BCUT2D eigenvalue weighted by Gasteiger charge is 2.19. The smallest absolute Gasteiger partial charge is 0.134 e. The van der Waals surface area contributed by atoms with Crippen LogP contribution in [-0.4, -0.2) is 21.3 Å². The second-order valence-corrected chi connectivity index (χ2v) is 6.58. The minimum atomic E-state index is 0.421. The number of aryl methyl sites for hydroxylation is 2. The van der Waals surface area contributed by atoms with Gasteiger partial charge in [0.05, 0.1) is 11.3 Å². The van der Waals surface area contributed by atoms with E-state index < -0.39 is 0 Å². The van der Waals surface area contributed by atoms with Crippen LogP contribution in [0, 0.1) is 18.8 Å². The van der Waals surface area contributed by atoms with Gasteiger partial charge in [0.15, 0.2) is 0 Å². The molecule has 0 aliphatic heterocycles. The molecule has 20 heavy (non-hydrogen) atoms. The van der Waals surface area contributed by atoms with Crippen LogP contribution in [0.25, 0.3) is 0 Å². The third-order valence-electron chi connectivity index (χ3n) is 4.45. The third kappa shape index (κ3) is 3.51. The number of aromatic nitrogens is 2. The van der Waals surface area contributed by atoms with Gasteiger partial charge in [0.25, 0.3) is 0 Å². The van der Waals surface area contributed by atoms with Gasteiger partial charge in [0, 0.05) is 13.6 Å². The number of thiocarbonyl (C=S) groups is 1. The van der Waals surface area contributed by atoms with Crippen molar-refractivity contribution in [2.75, 3.05) is 11.9 Å². The molecule has 4 nitrogen and oxygen atoms in total. The van der Waals surface area contributed by atoms with Gasteiger partial charge in [-0.2, -0.15) is 5.10 Å². The van der Waals surface area contributed by atoms with E-state index in [0.29, 0.717) is 4.99 Å². The van der Waals surface area contributed by atoms with Crippen LogP contribution >= 0.6 is 12.2 Å². The third-order valence-corrected chi connectivity index (χ3v) is 4.65. The van der Waals surface area contributed by atoms with Crippen LogP contribution in [0.1, 0.15) is 50.3 Å². The number of hydrogen-bond acceptors (Lipinski definition) is 3. The lowest BCUT2D eigenvalue weighted by atomic mass is 9.81. The van der Waals surface area contributed by atoms with Gasteiger partial charge < -0.3 is 11.1 Å². The molecule has 0 aromatic carbocycles. The van der Waals surface area contributed by atoms with Crippen LogP contribution < -0.4 is 11.1 Å². The van der Waals surface area contributed by atoms with Crippen molar-refractivity contribution >= 4 is 23.0 Å². The molecule has 112 valence electrons. The molecule has 5 heteroatoms. The average molecular weight is 294 g/mol. The first-order valence-corrected chi connectivity index (χ1v) is 7.97. The van der Waals surface area contributed by atoms with Gasteiger partial charge in [-0.3, -0.25) is 4.68 Å². The van der Waals surface area contributed by atoms with Gasteiger partial charge in [0.1, 0.15) is 10.8 Å². The lowest BCUT2D eigenvalue weighted by Crippen LogP contribution is -2.18. The highest BCUT2D eigenvalue weighted by Crippen LogP contribution is 2.30. The Morgan fingerprint density at radius 1 is 1.40 bits per heavy atom. The van der Waals surface area contributed by atoms with Crippen LogP contribution in [0.4, 0.5) is 5.82 Å². The fourth-order valence-electron chi connectivity index (χ4n) is 3.17. The van der Waals surface area contributed by atoms with Gasteiger partial charge in [0.2, 0.25) is 0 Å². The predicted molar refractivity (Wildman–Crippen MR) is 88.1 cm³/mol. The van der Waals surface area contributed by atoms with Crippen LogP contribution in [0.15, 0.2) is 0 Å². The van der Waals surface area contributed by atoms with Crippen molar-refractivity contribution in [2.45, 2.75) is 46.0 Å². The number of nitrogens with one attached hydrogen (secondary N) is 1. The zero-order valence-corrected chi connectivity index (χ0v) is 13.6. The summed E-state index contributed by atoms with van der Waals surface area (Å²) in [6, 6.07) is 0. The van der Waals surface area contributed by atoms with Crippen LogP contribution in [0.5, 0.6) is 0 Å². The molecule has 1 fully saturated rings. The summed E-state index contributed by atoms with van der Waals surface area (Å²) in [5.74, 6) is 2.74. The highest BCUT2D eigenvalue weighted by molar-refractivity contribution is 7.80. The molecule has 1 aromatic rings. The molecule has 0 amide bonds. The average Bonchev–Trinajstić information content (AvgIpc) is 2.66. The van der Waals surface area contributed by atoms with Gasteiger partial charge in [-0.15, -0.1) is 0 Å². The van der Waals surface area contributed by atoms with Crippen molar-refractivity contribution in [2.24, 2.45) is 24.6 Å². The normalized spacial score (nSPS) is 22.8. The maximum atomic E-state index is 5.80. The zero-order valence-electron chi connectivity index (χ0n) is 12.8. The van der Waals surface area contributed by atoms with Crippen LogP contribution in [0.2, 0.25) is 0 Å². The fraction of sp³-hybridized carbons (Fsp3) is 0.733. The Balaban J connectivity index is 1.90. The molecule has 1 aliphatic carbocycles. The molecule has 1 heterocycles. The minimum absolute atomic E-state index is 0.421. The first kappa shape index (κ1) is 15.3. The van der Waals surface area contributed by atoms with E-state index >= 15 is 0 Å². The second kappa shape index (κ2) is 6.57. The fourth-order valence-corrected chi connectivity index (χ4v) is 3.41. The van der Waals surface area contributed by atoms with E-state index in [2.05, 4.69) is 17.3 Å². The van der Waals surface area contributed by atoms with E-state index in [-0.39, 0.29) is 0 Å². The lowest BCUT2D eigenvalue weighted by Gasteiger charge is -2.26. The molecule has 1 aliphatic rings. The number of nitrogens with zero attached hydrogens (tertiary/aromatic N) is 2. The Hall–Kier alpha value is -1.10. The summed E-state index contributed by atoms with van der Waals surface area (Å²) in [5, 5.41) is 7.87. The van der Waals surface area contributed by atoms with Gasteiger partial charge in [-0.1, -0.05) is 44.8 Å². The van der Waals surface area contributed by atoms with Gasteiger partial charge >= 0.3 is 0 Å². The standard InChI is InChI=1S/C15H26N4S/c1-10-4-6-12(7-5-10)8-9-17-15-13(14(16)20)11(2)18-19(15)3/h10,12,17H,4-9H2,1-3H3,(H2,16,20). The van der Waals surface area contributed by atoms with E-state index in [0.717, 1.165) is 35.5 Å². The molecule has 3 N–H and O–H groups in total. The van der Waals surface area contributed by atoms with Crippen molar-refractivity contribution in [1.82, 2.24) is 9.78 Å². The van der Waals surface area contributed by atoms with Crippen molar-refractivity contribution in [3.63, 3.8) is 0 Å². The number of nitrogens with two attached hydrogens (primary N) is 1. The second-order valence-electron chi connectivity index (χ2n) is 6.14. The molecular formula is C15H26N4S. The minimum Gasteiger partial charge on any atom is -0.389 e. The topological polar surface area (TPSA) is 55.9 Å². The summed E-state index contributed by atoms with van der Waals surface area (Å²) < 4.78 is 1.84. The zero-order chi connectivity index (χ0) is 14.7. The largest absolute Gasteiger partial charge is 0.389 e. The first-order valence-electron chi connectivity index (χ1n) is 7.56. The molecule has 0 saturated heterocycles. The Bertz CT molecular complexity index is 472. The summed E-state index contributed by atoms with van der Waals surface area (Å²) in [5.41, 5.74) is 7.58. The SMILES string of the molecule is Cc1nn(C)c(NCCC2CCC(C)CC2)c1C(N)=S. The van der Waals surface area contributed by atoms with E-state index in [9.17, 15) is 0 Å². The Morgan fingerprint density at radius 2 is 2.05 bits per heavy atom. The lowest BCUT2D eigenvalue weighted by molar-refractivity contribution is 0.282. The van der Waals surface area contributed by atoms with Crippen LogP contribution in [0.3, 0.4) is 0 Å². The first-order chi connectivity index (χ1) is 9.49. The van der Waals surface area contributed by atoms with Crippen molar-refractivity contribution < 1.29 is 0 Å². The molecule has 1 saturated carbocycles.